The molecule has 102 heavy (non-hydrogen) atoms. The van der Waals surface area contributed by atoms with E-state index in [0.29, 0.717) is 25.7 Å². The molecule has 0 saturated heterocycles. The van der Waals surface area contributed by atoms with E-state index < -0.39 is 97.5 Å². The Hall–Kier alpha value is -4.80. The minimum absolute atomic E-state index is 0.0559. The quantitative estimate of drug-likeness (QED) is 0.0169. The molecule has 0 fully saturated rings. The van der Waals surface area contributed by atoms with Gasteiger partial charge in [0.25, 0.3) is 0 Å². The van der Waals surface area contributed by atoms with Crippen LogP contribution in [-0.2, 0) is 65.4 Å². The van der Waals surface area contributed by atoms with E-state index in [2.05, 4.69) is 137 Å². The number of unbranched alkanes of at least 4 members (excludes halogenated alkanes) is 26. The van der Waals surface area contributed by atoms with Crippen LogP contribution in [0.3, 0.4) is 0 Å². The first kappa shape index (κ1) is 97.2. The highest BCUT2D eigenvalue weighted by atomic mass is 31.2. The molecule has 0 bridgehead atoms. The van der Waals surface area contributed by atoms with Crippen LogP contribution in [0.15, 0.2) is 134 Å². The summed E-state index contributed by atoms with van der Waals surface area (Å²) in [6.45, 7) is 4.51. The van der Waals surface area contributed by atoms with Crippen molar-refractivity contribution in [2.45, 2.75) is 329 Å². The van der Waals surface area contributed by atoms with Crippen LogP contribution >= 0.6 is 15.6 Å². The molecule has 0 saturated carbocycles. The van der Waals surface area contributed by atoms with Crippen molar-refractivity contribution in [1.82, 2.24) is 0 Å². The second-order valence-corrected chi connectivity index (χ2v) is 28.8. The van der Waals surface area contributed by atoms with Crippen molar-refractivity contribution >= 4 is 39.5 Å². The van der Waals surface area contributed by atoms with E-state index in [1.54, 1.807) is 6.08 Å². The first-order valence-corrected chi connectivity index (χ1v) is 42.4. The Kier molecular flexibility index (Phi) is 71.0. The summed E-state index contributed by atoms with van der Waals surface area (Å²) in [6.07, 6.45) is 83.2. The average molecular weight is 1470 g/mol. The van der Waals surface area contributed by atoms with Crippen LogP contribution in [0.5, 0.6) is 0 Å². The molecular formula is C83H140O17P2. The van der Waals surface area contributed by atoms with Gasteiger partial charge in [-0.1, -0.05) is 277 Å². The normalized spacial score (nSPS) is 14.6. The van der Waals surface area contributed by atoms with Gasteiger partial charge in [-0.3, -0.25) is 37.3 Å². The van der Waals surface area contributed by atoms with Gasteiger partial charge in [-0.2, -0.15) is 0 Å². The summed E-state index contributed by atoms with van der Waals surface area (Å²) in [5.74, 6) is -2.36. The molecule has 5 unspecified atom stereocenters. The number of hydrogen-bond acceptors (Lipinski definition) is 15. The Morgan fingerprint density at radius 2 is 0.569 bits per heavy atom. The number of allylic oxidation sites excluding steroid dienone is 21. The predicted octanol–water partition coefficient (Wildman–Crippen LogP) is 22.9. The van der Waals surface area contributed by atoms with E-state index in [0.717, 1.165) is 173 Å². The molecular weight excluding hydrogens is 1330 g/mol. The van der Waals surface area contributed by atoms with Gasteiger partial charge in [0.05, 0.1) is 32.8 Å². The third kappa shape index (κ3) is 73.5. The smallest absolute Gasteiger partial charge is 0.462 e. The zero-order chi connectivity index (χ0) is 74.6. The fourth-order valence-electron chi connectivity index (χ4n) is 10.1. The van der Waals surface area contributed by atoms with E-state index >= 15 is 0 Å². The summed E-state index contributed by atoms with van der Waals surface area (Å²) in [5.41, 5.74) is 0. The van der Waals surface area contributed by atoms with E-state index in [4.69, 9.17) is 37.0 Å². The highest BCUT2D eigenvalue weighted by Gasteiger charge is 2.30. The molecule has 5 atom stereocenters. The molecule has 0 amide bonds. The van der Waals surface area contributed by atoms with Gasteiger partial charge in [0, 0.05) is 19.3 Å². The van der Waals surface area contributed by atoms with Crippen LogP contribution in [0.2, 0.25) is 0 Å². The fourth-order valence-corrected chi connectivity index (χ4v) is 11.7. The molecule has 0 aliphatic rings. The van der Waals surface area contributed by atoms with Crippen LogP contribution in [0.1, 0.15) is 310 Å². The molecule has 0 aliphatic heterocycles. The summed E-state index contributed by atoms with van der Waals surface area (Å²) in [6, 6.07) is 0. The number of aliphatic hydroxyl groups excluding tert-OH is 1. The Balaban J connectivity index is 5.43. The fraction of sp³-hybridized carbons (Fsp3) is 0.687. The topological polar surface area (TPSA) is 237 Å². The second kappa shape index (κ2) is 74.5. The lowest BCUT2D eigenvalue weighted by Crippen LogP contribution is -2.30. The van der Waals surface area contributed by atoms with E-state index in [-0.39, 0.29) is 25.7 Å². The second-order valence-electron chi connectivity index (χ2n) is 25.9. The monoisotopic (exact) mass is 1470 g/mol. The number of carbonyl (C=O) groups excluding carboxylic acids is 4. The third-order valence-corrected chi connectivity index (χ3v) is 18.0. The van der Waals surface area contributed by atoms with E-state index in [9.17, 15) is 43.2 Å². The van der Waals surface area contributed by atoms with Gasteiger partial charge in [0.15, 0.2) is 12.2 Å². The maximum Gasteiger partial charge on any atom is 0.472 e. The molecule has 0 aromatic heterocycles. The van der Waals surface area contributed by atoms with Crippen LogP contribution in [-0.4, -0.2) is 96.7 Å². The molecule has 3 N–H and O–H groups in total. The standard InChI is InChI=1S/C83H140O17P2/c1-5-9-13-17-21-25-29-33-36-37-38-39-42-45-48-52-56-60-64-68-81(86)94-74-79(100-83(88)70-66-62-58-54-50-46-41-35-31-27-23-19-15-11-7-3)76-98-102(91,92)96-72-77(84)71-95-101(89,90)97-75-78(99-82(87)69-65-61-57-53-49-43-32-28-24-20-16-12-8-4)73-93-80(85)67-63-59-55-51-47-44-40-34-30-26-22-18-14-10-6-2/h10,14,16,20-22,25-26,28,32-36,38-41,47,51,59,63,77-79,84H,5-9,11-13,15,17-19,23-24,27,29-31,37,42-46,48-50,52-58,60-62,64-76H2,1-4H3,(H,89,90)(H,91,92)/b14-10-,20-16-,25-21-,26-22-,32-28-,36-33-,39-38-,40-34-,41-35-,51-47-,63-59-. The number of carbonyl (C=O) groups is 4. The lowest BCUT2D eigenvalue weighted by atomic mass is 10.1. The maximum atomic E-state index is 13.1. The van der Waals surface area contributed by atoms with Crippen molar-refractivity contribution in [2.24, 2.45) is 0 Å². The molecule has 584 valence electrons. The van der Waals surface area contributed by atoms with Crippen molar-refractivity contribution < 1.29 is 80.2 Å². The summed E-state index contributed by atoms with van der Waals surface area (Å²) in [5, 5.41) is 10.6. The Morgan fingerprint density at radius 3 is 0.941 bits per heavy atom. The van der Waals surface area contributed by atoms with Gasteiger partial charge < -0.3 is 33.8 Å². The molecule has 0 radical (unpaired) electrons. The zero-order valence-corrected chi connectivity index (χ0v) is 65.5. The molecule has 0 aromatic rings. The average Bonchev–Trinajstić information content (AvgIpc) is 0.909. The molecule has 19 heteroatoms. The minimum Gasteiger partial charge on any atom is -0.462 e. The number of hydrogen-bond donors (Lipinski definition) is 3. The molecule has 0 heterocycles. The van der Waals surface area contributed by atoms with E-state index in [1.807, 2.05) is 18.2 Å². The number of aliphatic hydroxyl groups is 1. The molecule has 0 spiro atoms. The number of phosphoric ester groups is 2. The number of phosphoric acid groups is 2. The lowest BCUT2D eigenvalue weighted by Gasteiger charge is -2.21. The van der Waals surface area contributed by atoms with Gasteiger partial charge in [0.1, 0.15) is 19.3 Å². The van der Waals surface area contributed by atoms with Gasteiger partial charge in [-0.05, 0) is 141 Å². The van der Waals surface area contributed by atoms with E-state index in [1.165, 1.54) is 57.8 Å². The Morgan fingerprint density at radius 1 is 0.294 bits per heavy atom. The predicted molar refractivity (Wildman–Crippen MR) is 418 cm³/mol. The largest absolute Gasteiger partial charge is 0.472 e. The van der Waals surface area contributed by atoms with Gasteiger partial charge in [-0.25, -0.2) is 9.13 Å². The SMILES string of the molecule is CC/C=C\C/C=C\C/C=C\C/C=C\C/C=C\CC(=O)OCC(COP(=O)(O)OCC(O)COP(=O)(O)OCC(COC(=O)CCCCCCCC/C=C\C/C=C\C/C=C\CCCCC)OC(=O)CCCCCCC/C=C\CCCCCCCC)OC(=O)CCCCCCC/C=C\C/C=C\CCC. The van der Waals surface area contributed by atoms with Crippen molar-refractivity contribution in [2.75, 3.05) is 39.6 Å². The lowest BCUT2D eigenvalue weighted by molar-refractivity contribution is -0.161. The van der Waals surface area contributed by atoms with Gasteiger partial charge in [0.2, 0.25) is 0 Å². The molecule has 17 nitrogen and oxygen atoms in total. The summed E-state index contributed by atoms with van der Waals surface area (Å²) in [4.78, 5) is 72.9. The highest BCUT2D eigenvalue weighted by molar-refractivity contribution is 7.47. The molecule has 0 aromatic carbocycles. The highest BCUT2D eigenvalue weighted by Crippen LogP contribution is 2.45. The minimum atomic E-state index is -5.00. The maximum absolute atomic E-state index is 13.1. The zero-order valence-electron chi connectivity index (χ0n) is 63.7. The molecule has 0 rings (SSSR count). The third-order valence-electron chi connectivity index (χ3n) is 16.1. The van der Waals surface area contributed by atoms with Crippen molar-refractivity contribution in [3.63, 3.8) is 0 Å². The van der Waals surface area contributed by atoms with Crippen LogP contribution in [0.25, 0.3) is 0 Å². The number of esters is 4. The van der Waals surface area contributed by atoms with Crippen LogP contribution in [0.4, 0.5) is 0 Å². The first-order chi connectivity index (χ1) is 49.7. The summed E-state index contributed by atoms with van der Waals surface area (Å²) < 4.78 is 68.4. The van der Waals surface area contributed by atoms with Gasteiger partial charge >= 0.3 is 39.5 Å². The Bertz CT molecular complexity index is 2460. The van der Waals surface area contributed by atoms with Gasteiger partial charge in [-0.15, -0.1) is 0 Å². The van der Waals surface area contributed by atoms with Crippen molar-refractivity contribution in [3.05, 3.63) is 134 Å². The molecule has 0 aliphatic carbocycles. The van der Waals surface area contributed by atoms with Crippen LogP contribution < -0.4 is 0 Å². The van der Waals surface area contributed by atoms with Crippen molar-refractivity contribution in [3.8, 4) is 0 Å². The Labute approximate surface area is 618 Å². The number of ether oxygens (including phenoxy) is 4. The van der Waals surface area contributed by atoms with Crippen LogP contribution in [0, 0.1) is 0 Å². The van der Waals surface area contributed by atoms with Crippen molar-refractivity contribution in [1.29, 1.82) is 0 Å². The summed E-state index contributed by atoms with van der Waals surface area (Å²) >= 11 is 0. The first-order valence-electron chi connectivity index (χ1n) is 39.4. The summed E-state index contributed by atoms with van der Waals surface area (Å²) in [7, 11) is -9.99. The number of rotatable bonds is 73.